The van der Waals surface area contributed by atoms with Crippen LogP contribution in [-0.4, -0.2) is 37.2 Å². The largest absolute Gasteiger partial charge is 0.480 e. The van der Waals surface area contributed by atoms with Crippen LogP contribution in [-0.2, 0) is 26.4 Å². The smallest absolute Gasteiger partial charge is 0.397 e. The van der Waals surface area contributed by atoms with Gasteiger partial charge in [0.05, 0.1) is 23.6 Å². The van der Waals surface area contributed by atoms with E-state index in [1.54, 1.807) is 0 Å². The highest BCUT2D eigenvalue weighted by Gasteiger charge is 2.25. The fourth-order valence-corrected chi connectivity index (χ4v) is 3.05. The number of fused-ring (bicyclic) bond motifs is 2. The molecule has 29 heavy (non-hydrogen) atoms. The Balaban J connectivity index is 0.000000438. The van der Waals surface area contributed by atoms with Crippen molar-refractivity contribution in [1.82, 2.24) is 0 Å². The molecule has 0 spiro atoms. The van der Waals surface area contributed by atoms with E-state index in [0.29, 0.717) is 0 Å². The van der Waals surface area contributed by atoms with Crippen LogP contribution in [0.1, 0.15) is 13.8 Å². The number of anilines is 1. The van der Waals surface area contributed by atoms with Gasteiger partial charge < -0.3 is 10.4 Å². The Morgan fingerprint density at radius 3 is 1.79 bits per heavy atom. The van der Waals surface area contributed by atoms with Crippen molar-refractivity contribution in [3.05, 3.63) is 48.5 Å². The number of aromatic nitrogens is 1. The summed E-state index contributed by atoms with van der Waals surface area (Å²) >= 11 is 0. The van der Waals surface area contributed by atoms with Crippen LogP contribution in [0.15, 0.2) is 48.5 Å². The SMILES string of the molecule is CC(C)C(Nc1c2ccccc2[n+](C)c2ccccc12)C(=O)O.COS(=O)(=O)O. The molecule has 3 N–H and O–H groups in total. The number of carbonyl (C=O) groups is 1. The summed E-state index contributed by atoms with van der Waals surface area (Å²) in [5.41, 5.74) is 3.03. The molecule has 8 nitrogen and oxygen atoms in total. The number of carboxylic acids is 1. The summed E-state index contributed by atoms with van der Waals surface area (Å²) in [6.07, 6.45) is 0. The van der Waals surface area contributed by atoms with Crippen molar-refractivity contribution in [3.63, 3.8) is 0 Å². The minimum absolute atomic E-state index is 0.0148. The van der Waals surface area contributed by atoms with Crippen molar-refractivity contribution >= 4 is 43.9 Å². The lowest BCUT2D eigenvalue weighted by molar-refractivity contribution is -0.617. The number of nitrogens with zero attached hydrogens (tertiary/aromatic N) is 1. The molecular formula is C20H25N2O6S+. The first-order valence-corrected chi connectivity index (χ1v) is 10.2. The van der Waals surface area contributed by atoms with Gasteiger partial charge in [0.15, 0.2) is 0 Å². The van der Waals surface area contributed by atoms with Gasteiger partial charge in [0, 0.05) is 12.1 Å². The molecule has 1 unspecified atom stereocenters. The molecule has 0 saturated heterocycles. The molecule has 0 aliphatic rings. The summed E-state index contributed by atoms with van der Waals surface area (Å²) in [5.74, 6) is -0.847. The standard InChI is InChI=1S/C19H20N2O2.CH4O4S/c1-12(2)17(19(22)23)20-18-13-8-4-6-10-15(13)21(3)16-11-7-5-9-14(16)18;1-5-6(2,3)4/h4-12,17H,1-3H3,(H,22,23);1H3,(H,2,3,4)/p+1. The molecular weight excluding hydrogens is 396 g/mol. The first-order valence-electron chi connectivity index (χ1n) is 8.88. The van der Waals surface area contributed by atoms with Gasteiger partial charge in [-0.3, -0.25) is 8.74 Å². The van der Waals surface area contributed by atoms with Gasteiger partial charge in [-0.15, -0.1) is 0 Å². The van der Waals surface area contributed by atoms with Crippen LogP contribution in [0.5, 0.6) is 0 Å². The summed E-state index contributed by atoms with van der Waals surface area (Å²) in [6.45, 7) is 3.83. The third kappa shape index (κ3) is 5.41. The average Bonchev–Trinajstić information content (AvgIpc) is 2.67. The van der Waals surface area contributed by atoms with Crippen LogP contribution in [0.4, 0.5) is 5.69 Å². The Kier molecular flexibility index (Phi) is 7.12. The fraction of sp³-hybridized carbons (Fsp3) is 0.300. The molecule has 9 heteroatoms. The number of hydrogen-bond donors (Lipinski definition) is 3. The molecule has 0 aliphatic heterocycles. The highest BCUT2D eigenvalue weighted by molar-refractivity contribution is 7.80. The van der Waals surface area contributed by atoms with Gasteiger partial charge in [0.1, 0.15) is 13.1 Å². The summed E-state index contributed by atoms with van der Waals surface area (Å²) in [7, 11) is -1.26. The van der Waals surface area contributed by atoms with E-state index in [-0.39, 0.29) is 5.92 Å². The Morgan fingerprint density at radius 2 is 1.45 bits per heavy atom. The Bertz CT molecular complexity index is 1070. The number of carboxylic acid groups (broad SMARTS) is 1. The molecule has 0 amide bonds. The highest BCUT2D eigenvalue weighted by Crippen LogP contribution is 2.30. The number of nitrogens with one attached hydrogen (secondary N) is 1. The molecule has 0 aliphatic carbocycles. The first-order chi connectivity index (χ1) is 13.6. The summed E-state index contributed by atoms with van der Waals surface area (Å²) in [4.78, 5) is 11.6. The van der Waals surface area contributed by atoms with Crippen molar-refractivity contribution in [2.45, 2.75) is 19.9 Å². The van der Waals surface area contributed by atoms with Crippen LogP contribution < -0.4 is 9.88 Å². The van der Waals surface area contributed by atoms with Gasteiger partial charge in [0.25, 0.3) is 0 Å². The second-order valence-corrected chi connectivity index (χ2v) is 7.96. The molecule has 1 heterocycles. The van der Waals surface area contributed by atoms with Gasteiger partial charge in [-0.1, -0.05) is 38.1 Å². The number of rotatable bonds is 5. The zero-order chi connectivity index (χ0) is 21.8. The van der Waals surface area contributed by atoms with E-state index < -0.39 is 22.4 Å². The third-order valence-corrected chi connectivity index (χ3v) is 4.93. The van der Waals surface area contributed by atoms with Crippen molar-refractivity contribution in [2.75, 3.05) is 12.4 Å². The lowest BCUT2D eigenvalue weighted by atomic mass is 10.0. The van der Waals surface area contributed by atoms with E-state index in [1.165, 1.54) is 0 Å². The van der Waals surface area contributed by atoms with Gasteiger partial charge >= 0.3 is 16.4 Å². The van der Waals surface area contributed by atoms with Crippen molar-refractivity contribution in [2.24, 2.45) is 13.0 Å². The lowest BCUT2D eigenvalue weighted by Gasteiger charge is -2.21. The maximum Gasteiger partial charge on any atom is 0.397 e. The quantitative estimate of drug-likeness (QED) is 0.329. The maximum atomic E-state index is 11.6. The Morgan fingerprint density at radius 1 is 1.03 bits per heavy atom. The number of aryl methyl sites for hydroxylation is 1. The Hall–Kier alpha value is -2.75. The first kappa shape index (κ1) is 22.5. The predicted molar refractivity (Wildman–Crippen MR) is 111 cm³/mol. The molecule has 0 saturated carbocycles. The van der Waals surface area contributed by atoms with Crippen molar-refractivity contribution in [1.29, 1.82) is 0 Å². The summed E-state index contributed by atoms with van der Waals surface area (Å²) in [6, 6.07) is 15.5. The molecule has 0 fully saturated rings. The van der Waals surface area contributed by atoms with Crippen LogP contribution in [0.2, 0.25) is 0 Å². The number of hydrogen-bond acceptors (Lipinski definition) is 5. The molecule has 0 radical (unpaired) electrons. The van der Waals surface area contributed by atoms with Crippen LogP contribution >= 0.6 is 0 Å². The van der Waals surface area contributed by atoms with E-state index >= 15 is 0 Å². The maximum absolute atomic E-state index is 11.6. The summed E-state index contributed by atoms with van der Waals surface area (Å²) < 4.78 is 31.8. The number of para-hydroxylation sites is 2. The zero-order valence-electron chi connectivity index (χ0n) is 16.7. The average molecular weight is 421 g/mol. The minimum Gasteiger partial charge on any atom is -0.480 e. The predicted octanol–water partition coefficient (Wildman–Crippen LogP) is 2.77. The van der Waals surface area contributed by atoms with Crippen LogP contribution in [0.25, 0.3) is 21.8 Å². The molecule has 2 aromatic carbocycles. The lowest BCUT2D eigenvalue weighted by Crippen LogP contribution is -2.36. The highest BCUT2D eigenvalue weighted by atomic mass is 32.3. The fourth-order valence-electron chi connectivity index (χ4n) is 3.05. The Labute approximate surface area is 169 Å². The minimum atomic E-state index is -4.16. The second kappa shape index (κ2) is 9.17. The number of aliphatic carboxylic acids is 1. The molecule has 0 bridgehead atoms. The van der Waals surface area contributed by atoms with E-state index in [9.17, 15) is 18.3 Å². The van der Waals surface area contributed by atoms with Crippen LogP contribution in [0, 0.1) is 5.92 Å². The third-order valence-electron chi connectivity index (χ3n) is 4.51. The van der Waals surface area contributed by atoms with Crippen molar-refractivity contribution in [3.8, 4) is 0 Å². The number of benzene rings is 2. The number of pyridine rings is 1. The van der Waals surface area contributed by atoms with E-state index in [2.05, 4.69) is 26.2 Å². The molecule has 3 rings (SSSR count). The zero-order valence-corrected chi connectivity index (χ0v) is 17.5. The molecule has 1 atom stereocenters. The van der Waals surface area contributed by atoms with Crippen LogP contribution in [0.3, 0.4) is 0 Å². The molecule has 1 aromatic heterocycles. The van der Waals surface area contributed by atoms with Crippen molar-refractivity contribution < 1.29 is 31.6 Å². The van der Waals surface area contributed by atoms with Gasteiger partial charge in [0.2, 0.25) is 11.0 Å². The monoisotopic (exact) mass is 421 g/mol. The topological polar surface area (TPSA) is 117 Å². The summed E-state index contributed by atoms with van der Waals surface area (Å²) in [5, 5.41) is 14.9. The van der Waals surface area contributed by atoms with Gasteiger partial charge in [-0.2, -0.15) is 13.0 Å². The molecule has 3 aromatic rings. The van der Waals surface area contributed by atoms with E-state index in [0.717, 1.165) is 34.6 Å². The molecule has 156 valence electrons. The second-order valence-electron chi connectivity index (χ2n) is 6.77. The van der Waals surface area contributed by atoms with E-state index in [4.69, 9.17) is 4.55 Å². The van der Waals surface area contributed by atoms with Gasteiger partial charge in [-0.05, 0) is 18.1 Å². The normalized spacial score (nSPS) is 12.5. The van der Waals surface area contributed by atoms with E-state index in [1.807, 2.05) is 57.3 Å². The van der Waals surface area contributed by atoms with Gasteiger partial charge in [-0.25, -0.2) is 4.79 Å².